The zero-order valence-corrected chi connectivity index (χ0v) is 12.5. The molecule has 0 saturated carbocycles. The summed E-state index contributed by atoms with van der Waals surface area (Å²) in [6.07, 6.45) is 3.99. The van der Waals surface area contributed by atoms with Crippen LogP contribution in [0.2, 0.25) is 0 Å². The number of hydrogen-bond acceptors (Lipinski definition) is 4. The SMILES string of the molecule is CC1(CNc2ncc(Br)cc2C(=O)O)CCCS1. The second-order valence-corrected chi connectivity index (χ2v) is 7.21. The van der Waals surface area contributed by atoms with E-state index in [1.807, 2.05) is 11.8 Å². The highest BCUT2D eigenvalue weighted by molar-refractivity contribution is 9.10. The largest absolute Gasteiger partial charge is 0.478 e. The third-order valence-corrected chi connectivity index (χ3v) is 4.99. The lowest BCUT2D eigenvalue weighted by atomic mass is 10.1. The van der Waals surface area contributed by atoms with Crippen LogP contribution in [0.1, 0.15) is 30.1 Å². The van der Waals surface area contributed by atoms with E-state index in [0.29, 0.717) is 10.3 Å². The fraction of sp³-hybridized carbons (Fsp3) is 0.500. The number of halogens is 1. The van der Waals surface area contributed by atoms with E-state index in [1.165, 1.54) is 12.2 Å². The van der Waals surface area contributed by atoms with Crippen LogP contribution in [0.25, 0.3) is 0 Å². The number of nitrogens with one attached hydrogen (secondary N) is 1. The molecule has 0 amide bonds. The normalized spacial score (nSPS) is 23.0. The first-order valence-corrected chi connectivity index (χ1v) is 7.55. The standard InChI is InChI=1S/C12H15BrN2O2S/c1-12(3-2-4-18-12)7-15-10-9(11(16)17)5-8(13)6-14-10/h5-6H,2-4,7H2,1H3,(H,14,15)(H,16,17). The zero-order chi connectivity index (χ0) is 13.2. The Morgan fingerprint density at radius 2 is 2.50 bits per heavy atom. The minimum atomic E-state index is -0.962. The predicted molar refractivity (Wildman–Crippen MR) is 77.5 cm³/mol. The smallest absolute Gasteiger partial charge is 0.339 e. The number of carboxylic acid groups (broad SMARTS) is 1. The van der Waals surface area contributed by atoms with Gasteiger partial charge in [-0.2, -0.15) is 11.8 Å². The number of aromatic carboxylic acids is 1. The van der Waals surface area contributed by atoms with E-state index in [9.17, 15) is 4.79 Å². The molecule has 18 heavy (non-hydrogen) atoms. The summed E-state index contributed by atoms with van der Waals surface area (Å²) in [6, 6.07) is 1.57. The molecular weight excluding hydrogens is 316 g/mol. The van der Waals surface area contributed by atoms with Crippen molar-refractivity contribution in [2.45, 2.75) is 24.5 Å². The highest BCUT2D eigenvalue weighted by Crippen LogP contribution is 2.37. The zero-order valence-electron chi connectivity index (χ0n) is 10.1. The van der Waals surface area contributed by atoms with E-state index < -0.39 is 5.97 Å². The lowest BCUT2D eigenvalue weighted by Crippen LogP contribution is -2.28. The van der Waals surface area contributed by atoms with Gasteiger partial charge in [-0.3, -0.25) is 0 Å². The highest BCUT2D eigenvalue weighted by atomic mass is 79.9. The van der Waals surface area contributed by atoms with Crippen molar-refractivity contribution in [2.75, 3.05) is 17.6 Å². The monoisotopic (exact) mass is 330 g/mol. The molecular formula is C12H15BrN2O2S. The van der Waals surface area contributed by atoms with Crippen molar-refractivity contribution >= 4 is 39.5 Å². The second-order valence-electron chi connectivity index (χ2n) is 4.61. The Balaban J connectivity index is 2.11. The number of pyridine rings is 1. The summed E-state index contributed by atoms with van der Waals surface area (Å²) in [6.45, 7) is 2.95. The van der Waals surface area contributed by atoms with Gasteiger partial charge in [-0.25, -0.2) is 9.78 Å². The molecule has 1 saturated heterocycles. The van der Waals surface area contributed by atoms with Gasteiger partial charge in [-0.1, -0.05) is 0 Å². The fourth-order valence-electron chi connectivity index (χ4n) is 1.99. The van der Waals surface area contributed by atoms with Crippen molar-refractivity contribution in [3.05, 3.63) is 22.3 Å². The summed E-state index contributed by atoms with van der Waals surface area (Å²) in [7, 11) is 0. The average Bonchev–Trinajstić information content (AvgIpc) is 2.75. The number of aromatic nitrogens is 1. The number of hydrogen-bond donors (Lipinski definition) is 2. The third kappa shape index (κ3) is 3.17. The summed E-state index contributed by atoms with van der Waals surface area (Å²) < 4.78 is 0.858. The number of nitrogens with zero attached hydrogens (tertiary/aromatic N) is 1. The van der Waals surface area contributed by atoms with Crippen LogP contribution in [-0.2, 0) is 0 Å². The molecule has 1 aliphatic rings. The molecule has 0 aromatic carbocycles. The van der Waals surface area contributed by atoms with Crippen LogP contribution < -0.4 is 5.32 Å². The first-order chi connectivity index (χ1) is 8.50. The number of anilines is 1. The molecule has 1 aliphatic heterocycles. The van der Waals surface area contributed by atoms with Crippen molar-refractivity contribution in [3.63, 3.8) is 0 Å². The molecule has 2 rings (SSSR count). The summed E-state index contributed by atoms with van der Waals surface area (Å²) in [5.74, 6) is 0.660. The maximum Gasteiger partial charge on any atom is 0.339 e. The van der Waals surface area contributed by atoms with E-state index in [0.717, 1.165) is 13.0 Å². The molecule has 2 heterocycles. The van der Waals surface area contributed by atoms with Gasteiger partial charge in [-0.05, 0) is 47.5 Å². The van der Waals surface area contributed by atoms with E-state index in [-0.39, 0.29) is 10.3 Å². The van der Waals surface area contributed by atoms with Gasteiger partial charge in [0.05, 0.1) is 0 Å². The van der Waals surface area contributed by atoms with Crippen LogP contribution in [0.15, 0.2) is 16.7 Å². The Morgan fingerprint density at radius 1 is 1.72 bits per heavy atom. The first-order valence-electron chi connectivity index (χ1n) is 5.77. The van der Waals surface area contributed by atoms with Gasteiger partial charge in [-0.15, -0.1) is 0 Å². The molecule has 2 N–H and O–H groups in total. The van der Waals surface area contributed by atoms with Crippen molar-refractivity contribution in [1.82, 2.24) is 4.98 Å². The third-order valence-electron chi connectivity index (χ3n) is 3.01. The fourth-order valence-corrected chi connectivity index (χ4v) is 3.57. The minimum absolute atomic E-state index is 0.185. The van der Waals surface area contributed by atoms with E-state index in [1.54, 1.807) is 12.3 Å². The van der Waals surface area contributed by atoms with E-state index in [2.05, 4.69) is 33.2 Å². The summed E-state index contributed by atoms with van der Waals surface area (Å²) in [4.78, 5) is 15.3. The van der Waals surface area contributed by atoms with Crippen molar-refractivity contribution < 1.29 is 9.90 Å². The molecule has 4 nitrogen and oxygen atoms in total. The van der Waals surface area contributed by atoms with Gasteiger partial charge in [0, 0.05) is 22.0 Å². The molecule has 1 unspecified atom stereocenters. The first kappa shape index (κ1) is 13.7. The number of carboxylic acids is 1. The van der Waals surface area contributed by atoms with Crippen LogP contribution in [0.4, 0.5) is 5.82 Å². The molecule has 1 fully saturated rings. The van der Waals surface area contributed by atoms with Gasteiger partial charge < -0.3 is 10.4 Å². The molecule has 0 aliphatic carbocycles. The number of thioether (sulfide) groups is 1. The Bertz CT molecular complexity index is 461. The molecule has 1 aromatic heterocycles. The molecule has 0 bridgehead atoms. The van der Waals surface area contributed by atoms with Crippen LogP contribution in [0, 0.1) is 0 Å². The molecule has 6 heteroatoms. The molecule has 0 spiro atoms. The van der Waals surface area contributed by atoms with Gasteiger partial charge in [0.15, 0.2) is 0 Å². The highest BCUT2D eigenvalue weighted by Gasteiger charge is 2.29. The quantitative estimate of drug-likeness (QED) is 0.887. The van der Waals surface area contributed by atoms with Crippen LogP contribution in [-0.4, -0.2) is 33.1 Å². The average molecular weight is 331 g/mol. The summed E-state index contributed by atoms with van der Waals surface area (Å²) in [5.41, 5.74) is 0.205. The Morgan fingerprint density at radius 3 is 3.11 bits per heavy atom. The Hall–Kier alpha value is -0.750. The predicted octanol–water partition coefficient (Wildman–Crippen LogP) is 3.24. The molecule has 1 atom stereocenters. The number of carbonyl (C=O) groups is 1. The maximum absolute atomic E-state index is 11.1. The molecule has 98 valence electrons. The van der Waals surface area contributed by atoms with Gasteiger partial charge in [0.1, 0.15) is 11.4 Å². The minimum Gasteiger partial charge on any atom is -0.478 e. The maximum atomic E-state index is 11.1. The van der Waals surface area contributed by atoms with Crippen LogP contribution in [0.5, 0.6) is 0 Å². The number of rotatable bonds is 4. The van der Waals surface area contributed by atoms with Crippen molar-refractivity contribution in [2.24, 2.45) is 0 Å². The van der Waals surface area contributed by atoms with E-state index >= 15 is 0 Å². The summed E-state index contributed by atoms with van der Waals surface area (Å²) >= 11 is 5.17. The van der Waals surface area contributed by atoms with Crippen LogP contribution in [0.3, 0.4) is 0 Å². The molecule has 1 aromatic rings. The van der Waals surface area contributed by atoms with Gasteiger partial charge in [0.25, 0.3) is 0 Å². The van der Waals surface area contributed by atoms with E-state index in [4.69, 9.17) is 5.11 Å². The van der Waals surface area contributed by atoms with Gasteiger partial charge in [0.2, 0.25) is 0 Å². The molecule has 0 radical (unpaired) electrons. The Kier molecular flexibility index (Phi) is 4.17. The second kappa shape index (κ2) is 5.48. The van der Waals surface area contributed by atoms with Crippen molar-refractivity contribution in [1.29, 1.82) is 0 Å². The topological polar surface area (TPSA) is 62.2 Å². The lowest BCUT2D eigenvalue weighted by Gasteiger charge is -2.23. The summed E-state index contributed by atoms with van der Waals surface area (Å²) in [5, 5.41) is 12.3. The Labute approximate surface area is 119 Å². The lowest BCUT2D eigenvalue weighted by molar-refractivity contribution is 0.0697. The van der Waals surface area contributed by atoms with Crippen molar-refractivity contribution in [3.8, 4) is 0 Å². The van der Waals surface area contributed by atoms with Crippen LogP contribution >= 0.6 is 27.7 Å². The van der Waals surface area contributed by atoms with Gasteiger partial charge >= 0.3 is 5.97 Å².